The Bertz CT molecular complexity index is 1200. The van der Waals surface area contributed by atoms with Gasteiger partial charge in [-0.15, -0.1) is 11.3 Å². The van der Waals surface area contributed by atoms with Crippen molar-refractivity contribution in [1.82, 2.24) is 19.9 Å². The van der Waals surface area contributed by atoms with Crippen molar-refractivity contribution in [1.29, 1.82) is 0 Å². The van der Waals surface area contributed by atoms with Gasteiger partial charge in [-0.05, 0) is 45.9 Å². The van der Waals surface area contributed by atoms with Crippen LogP contribution in [0.15, 0.2) is 58.5 Å². The third-order valence-corrected chi connectivity index (χ3v) is 6.02. The Morgan fingerprint density at radius 3 is 2.66 bits per heavy atom. The van der Waals surface area contributed by atoms with E-state index in [1.54, 1.807) is 43.6 Å². The van der Waals surface area contributed by atoms with Crippen molar-refractivity contribution in [2.75, 3.05) is 11.4 Å². The van der Waals surface area contributed by atoms with Crippen LogP contribution in [0, 0.1) is 6.92 Å². The molecule has 32 heavy (non-hydrogen) atoms. The highest BCUT2D eigenvalue weighted by Gasteiger charge is 2.22. The van der Waals surface area contributed by atoms with Gasteiger partial charge in [0.2, 0.25) is 0 Å². The molecule has 7 nitrogen and oxygen atoms in total. The molecule has 0 spiro atoms. The van der Waals surface area contributed by atoms with E-state index in [9.17, 15) is 5.11 Å². The summed E-state index contributed by atoms with van der Waals surface area (Å²) in [6.07, 6.45) is 5.29. The fourth-order valence-electron chi connectivity index (χ4n) is 3.25. The van der Waals surface area contributed by atoms with Crippen LogP contribution in [0.5, 0.6) is 0 Å². The standard InChI is InChI=1S/C23H24ClN5O2S/c1-14-9-21(31-12-16-13-32-15(2)27-16)18(24)11-29(14)17-5-7-25-20(10-17)19-6-8-26-22(28-19)23(3,4)30/h5-10,13,30H,11-12H2,1-4H3. The fraction of sp³-hybridized carbons (Fsp3) is 0.304. The molecule has 0 atom stereocenters. The summed E-state index contributed by atoms with van der Waals surface area (Å²) in [5.74, 6) is 1.00. The molecule has 0 fully saturated rings. The van der Waals surface area contributed by atoms with Crippen LogP contribution in [0.1, 0.15) is 37.3 Å². The van der Waals surface area contributed by atoms with Gasteiger partial charge < -0.3 is 14.7 Å². The van der Waals surface area contributed by atoms with E-state index in [4.69, 9.17) is 16.3 Å². The lowest BCUT2D eigenvalue weighted by Crippen LogP contribution is -2.26. The van der Waals surface area contributed by atoms with E-state index in [-0.39, 0.29) is 0 Å². The smallest absolute Gasteiger partial charge is 0.160 e. The summed E-state index contributed by atoms with van der Waals surface area (Å²) >= 11 is 8.18. The van der Waals surface area contributed by atoms with Crippen LogP contribution >= 0.6 is 22.9 Å². The Kier molecular flexibility index (Phi) is 6.28. The lowest BCUT2D eigenvalue weighted by molar-refractivity contribution is 0.0688. The Hall–Kier alpha value is -2.81. The van der Waals surface area contributed by atoms with Crippen LogP contribution in [-0.2, 0) is 16.9 Å². The molecule has 0 aliphatic carbocycles. The summed E-state index contributed by atoms with van der Waals surface area (Å²) in [6.45, 7) is 8.16. The number of anilines is 1. The molecule has 1 N–H and O–H groups in total. The third kappa shape index (κ3) is 4.98. The molecule has 0 unspecified atom stereocenters. The first-order valence-electron chi connectivity index (χ1n) is 10.1. The lowest BCUT2D eigenvalue weighted by Gasteiger charge is -2.30. The molecule has 4 heterocycles. The maximum Gasteiger partial charge on any atom is 0.160 e. The van der Waals surface area contributed by atoms with Crippen LogP contribution in [-0.4, -0.2) is 31.6 Å². The molecular formula is C23H24ClN5O2S. The molecule has 0 radical (unpaired) electrons. The monoisotopic (exact) mass is 469 g/mol. The molecular weight excluding hydrogens is 446 g/mol. The largest absolute Gasteiger partial charge is 0.486 e. The summed E-state index contributed by atoms with van der Waals surface area (Å²) < 4.78 is 5.92. The second kappa shape index (κ2) is 8.97. The zero-order chi connectivity index (χ0) is 22.9. The number of ether oxygens (including phenoxy) is 1. The molecule has 0 saturated carbocycles. The number of rotatable bonds is 6. The number of thiazole rings is 1. The zero-order valence-electron chi connectivity index (χ0n) is 18.3. The molecule has 3 aromatic rings. The minimum Gasteiger partial charge on any atom is -0.486 e. The van der Waals surface area contributed by atoms with Gasteiger partial charge in [-0.1, -0.05) is 11.6 Å². The van der Waals surface area contributed by atoms with Crippen LogP contribution in [0.3, 0.4) is 0 Å². The van der Waals surface area contributed by atoms with E-state index >= 15 is 0 Å². The number of aromatic nitrogens is 4. The Morgan fingerprint density at radius 1 is 1.16 bits per heavy atom. The molecule has 1 aliphatic heterocycles. The van der Waals surface area contributed by atoms with Crippen molar-refractivity contribution in [3.05, 3.63) is 75.1 Å². The maximum atomic E-state index is 10.2. The van der Waals surface area contributed by atoms with Crippen LogP contribution < -0.4 is 4.90 Å². The lowest BCUT2D eigenvalue weighted by atomic mass is 10.1. The number of allylic oxidation sites excluding steroid dienone is 2. The van der Waals surface area contributed by atoms with Crippen molar-refractivity contribution in [2.45, 2.75) is 39.9 Å². The average Bonchev–Trinajstić information content (AvgIpc) is 3.19. The summed E-state index contributed by atoms with van der Waals surface area (Å²) in [6, 6.07) is 5.65. The highest BCUT2D eigenvalue weighted by molar-refractivity contribution is 7.09. The molecule has 0 amide bonds. The first-order chi connectivity index (χ1) is 15.2. The van der Waals surface area contributed by atoms with Gasteiger partial charge in [0.25, 0.3) is 0 Å². The second-order valence-corrected chi connectivity index (χ2v) is 9.53. The first-order valence-corrected chi connectivity index (χ1v) is 11.4. The number of hydrogen-bond donors (Lipinski definition) is 1. The fourth-order valence-corrected chi connectivity index (χ4v) is 4.08. The number of aliphatic hydroxyl groups is 1. The summed E-state index contributed by atoms with van der Waals surface area (Å²) in [5, 5.41) is 13.8. The Labute approximate surface area is 196 Å². The molecule has 9 heteroatoms. The number of nitrogens with zero attached hydrogens (tertiary/aromatic N) is 5. The molecule has 0 saturated heterocycles. The zero-order valence-corrected chi connectivity index (χ0v) is 19.9. The predicted octanol–water partition coefficient (Wildman–Crippen LogP) is 4.92. The van der Waals surface area contributed by atoms with Crippen LogP contribution in [0.4, 0.5) is 5.69 Å². The summed E-state index contributed by atoms with van der Waals surface area (Å²) in [5.41, 5.74) is 3.01. The Balaban J connectivity index is 1.54. The number of hydrogen-bond acceptors (Lipinski definition) is 8. The van der Waals surface area contributed by atoms with Gasteiger partial charge in [0.1, 0.15) is 18.0 Å². The van der Waals surface area contributed by atoms with E-state index in [0.29, 0.717) is 41.2 Å². The van der Waals surface area contributed by atoms with Crippen molar-refractivity contribution in [3.8, 4) is 11.4 Å². The van der Waals surface area contributed by atoms with E-state index in [1.807, 2.05) is 37.4 Å². The van der Waals surface area contributed by atoms with Gasteiger partial charge in [-0.25, -0.2) is 15.0 Å². The highest BCUT2D eigenvalue weighted by Crippen LogP contribution is 2.31. The Morgan fingerprint density at radius 2 is 1.94 bits per heavy atom. The quantitative estimate of drug-likeness (QED) is 0.548. The highest BCUT2D eigenvalue weighted by atomic mass is 35.5. The number of halogens is 1. The van der Waals surface area contributed by atoms with Crippen molar-refractivity contribution in [3.63, 3.8) is 0 Å². The van der Waals surface area contributed by atoms with Crippen molar-refractivity contribution < 1.29 is 9.84 Å². The third-order valence-electron chi connectivity index (χ3n) is 4.89. The summed E-state index contributed by atoms with van der Waals surface area (Å²) in [4.78, 5) is 19.6. The molecule has 0 aromatic carbocycles. The topological polar surface area (TPSA) is 84.3 Å². The van der Waals surface area contributed by atoms with Crippen LogP contribution in [0.25, 0.3) is 11.4 Å². The molecule has 4 rings (SSSR count). The molecule has 3 aromatic heterocycles. The van der Waals surface area contributed by atoms with E-state index in [2.05, 4.69) is 24.8 Å². The van der Waals surface area contributed by atoms with Crippen molar-refractivity contribution >= 4 is 28.6 Å². The molecule has 0 bridgehead atoms. The van der Waals surface area contributed by atoms with Crippen LogP contribution in [0.2, 0.25) is 0 Å². The SMILES string of the molecule is CC1=CC(OCc2csc(C)n2)=C(Cl)CN1c1ccnc(-c2ccnc(C(C)(C)O)n2)c1. The minimum absolute atomic E-state index is 0.347. The normalized spacial score (nSPS) is 14.6. The van der Waals surface area contributed by atoms with E-state index in [1.165, 1.54) is 0 Å². The van der Waals surface area contributed by atoms with E-state index < -0.39 is 5.60 Å². The van der Waals surface area contributed by atoms with Gasteiger partial charge >= 0.3 is 0 Å². The molecule has 1 aliphatic rings. The average molecular weight is 470 g/mol. The van der Waals surface area contributed by atoms with Gasteiger partial charge in [0.05, 0.1) is 33.7 Å². The maximum absolute atomic E-state index is 10.2. The van der Waals surface area contributed by atoms with E-state index in [0.717, 1.165) is 22.1 Å². The second-order valence-electron chi connectivity index (χ2n) is 8.01. The predicted molar refractivity (Wildman–Crippen MR) is 126 cm³/mol. The van der Waals surface area contributed by atoms with Gasteiger partial charge in [0, 0.05) is 35.2 Å². The van der Waals surface area contributed by atoms with Gasteiger partial charge in [0.15, 0.2) is 5.82 Å². The van der Waals surface area contributed by atoms with Crippen molar-refractivity contribution in [2.24, 2.45) is 0 Å². The molecule has 166 valence electrons. The minimum atomic E-state index is -1.13. The summed E-state index contributed by atoms with van der Waals surface area (Å²) in [7, 11) is 0. The van der Waals surface area contributed by atoms with Gasteiger partial charge in [-0.3, -0.25) is 4.98 Å². The number of pyridine rings is 1. The number of aryl methyl sites for hydroxylation is 1. The van der Waals surface area contributed by atoms with Gasteiger partial charge in [-0.2, -0.15) is 0 Å². The first kappa shape index (κ1) is 22.4.